The molecule has 2 amide bonds. The van der Waals surface area contributed by atoms with Gasteiger partial charge in [0.15, 0.2) is 0 Å². The minimum atomic E-state index is -0.972. The predicted molar refractivity (Wildman–Crippen MR) is 153 cm³/mol. The minimum absolute atomic E-state index is 0.0336. The predicted octanol–water partition coefficient (Wildman–Crippen LogP) is 5.67. The summed E-state index contributed by atoms with van der Waals surface area (Å²) in [6.07, 6.45) is 2.17. The molecule has 0 spiro atoms. The van der Waals surface area contributed by atoms with Gasteiger partial charge in [-0.3, -0.25) is 14.4 Å². The zero-order valence-corrected chi connectivity index (χ0v) is 23.2. The van der Waals surface area contributed by atoms with Gasteiger partial charge in [-0.15, -0.1) is 0 Å². The van der Waals surface area contributed by atoms with Crippen molar-refractivity contribution in [1.29, 1.82) is 5.26 Å². The first-order valence-electron chi connectivity index (χ1n) is 13.5. The molecule has 0 saturated heterocycles. The molecule has 0 fully saturated rings. The van der Waals surface area contributed by atoms with Gasteiger partial charge in [-0.1, -0.05) is 55.3 Å². The van der Waals surface area contributed by atoms with E-state index in [0.29, 0.717) is 35.7 Å². The maximum Gasteiger partial charge on any atom is 0.305 e. The number of carbonyl (C=O) groups excluding carboxylic acids is 2. The van der Waals surface area contributed by atoms with Crippen LogP contribution in [-0.2, 0) is 22.6 Å². The quantitative estimate of drug-likeness (QED) is 0.334. The first-order valence-corrected chi connectivity index (χ1v) is 13.8. The first kappa shape index (κ1) is 28.8. The van der Waals surface area contributed by atoms with Crippen LogP contribution in [0.25, 0.3) is 0 Å². The molecule has 4 rings (SSSR count). The Morgan fingerprint density at radius 3 is 2.38 bits per heavy atom. The maximum atomic E-state index is 14.3. The van der Waals surface area contributed by atoms with E-state index in [1.165, 1.54) is 0 Å². The third-order valence-corrected chi connectivity index (χ3v) is 7.63. The zero-order chi connectivity index (χ0) is 28.6. The normalized spacial score (nSPS) is 14.0. The Bertz CT molecular complexity index is 1410. The van der Waals surface area contributed by atoms with Crippen LogP contribution < -0.4 is 5.32 Å². The molecule has 8 heteroatoms. The highest BCUT2D eigenvalue weighted by Crippen LogP contribution is 2.39. The van der Waals surface area contributed by atoms with Crippen LogP contribution in [0, 0.1) is 11.3 Å². The summed E-state index contributed by atoms with van der Waals surface area (Å²) in [6, 6.07) is 22.5. The molecule has 3 aromatic carbocycles. The number of nitrogens with zero attached hydrogens (tertiary/aromatic N) is 2. The molecule has 206 valence electrons. The lowest BCUT2D eigenvalue weighted by atomic mass is 9.77. The van der Waals surface area contributed by atoms with Crippen LogP contribution >= 0.6 is 11.6 Å². The van der Waals surface area contributed by atoms with Crippen LogP contribution in [0.2, 0.25) is 5.02 Å². The van der Waals surface area contributed by atoms with E-state index in [1.807, 2.05) is 41.3 Å². The average molecular weight is 558 g/mol. The van der Waals surface area contributed by atoms with Gasteiger partial charge in [-0.25, -0.2) is 0 Å². The molecule has 0 aromatic heterocycles. The molecule has 2 unspecified atom stereocenters. The van der Waals surface area contributed by atoms with E-state index in [-0.39, 0.29) is 30.7 Å². The van der Waals surface area contributed by atoms with Gasteiger partial charge < -0.3 is 15.3 Å². The van der Waals surface area contributed by atoms with Gasteiger partial charge in [-0.2, -0.15) is 5.26 Å². The van der Waals surface area contributed by atoms with Crippen LogP contribution in [0.1, 0.15) is 76.2 Å². The van der Waals surface area contributed by atoms with Gasteiger partial charge in [-0.05, 0) is 77.4 Å². The Morgan fingerprint density at radius 1 is 1.02 bits per heavy atom. The molecule has 0 aliphatic carbocycles. The standard InChI is InChI=1S/C32H32ClN3O4/c1-2-3-28(22-6-8-24(9-7-22)31(39)35-16-14-29(37)38)30(23-10-12-27(33)13-11-23)32(40)36-17-15-25-18-21(19-34)4-5-26(25)20-36/h4-13,18,28,30H,2-3,14-17,20H2,1H3,(H,35,39)(H,37,38). The molecule has 40 heavy (non-hydrogen) atoms. The van der Waals surface area contributed by atoms with Gasteiger partial charge >= 0.3 is 5.97 Å². The number of nitriles is 1. The summed E-state index contributed by atoms with van der Waals surface area (Å²) in [4.78, 5) is 39.4. The van der Waals surface area contributed by atoms with Crippen LogP contribution in [0.3, 0.4) is 0 Å². The van der Waals surface area contributed by atoms with Crippen LogP contribution in [0.4, 0.5) is 0 Å². The molecule has 1 aliphatic rings. The fourth-order valence-electron chi connectivity index (χ4n) is 5.33. The van der Waals surface area contributed by atoms with Gasteiger partial charge in [0.1, 0.15) is 0 Å². The minimum Gasteiger partial charge on any atom is -0.481 e. The zero-order valence-electron chi connectivity index (χ0n) is 22.4. The Morgan fingerprint density at radius 2 is 1.73 bits per heavy atom. The van der Waals surface area contributed by atoms with Crippen molar-refractivity contribution in [3.05, 3.63) is 105 Å². The third kappa shape index (κ3) is 6.88. The molecule has 1 aliphatic heterocycles. The van der Waals surface area contributed by atoms with Crippen molar-refractivity contribution >= 4 is 29.4 Å². The highest BCUT2D eigenvalue weighted by Gasteiger charge is 2.35. The smallest absolute Gasteiger partial charge is 0.305 e. The van der Waals surface area contributed by atoms with Crippen molar-refractivity contribution in [2.24, 2.45) is 0 Å². The fourth-order valence-corrected chi connectivity index (χ4v) is 5.45. The number of amides is 2. The van der Waals surface area contributed by atoms with Crippen LogP contribution in [0.5, 0.6) is 0 Å². The van der Waals surface area contributed by atoms with Gasteiger partial charge in [0.2, 0.25) is 5.91 Å². The van der Waals surface area contributed by atoms with E-state index < -0.39 is 11.9 Å². The van der Waals surface area contributed by atoms with Crippen molar-refractivity contribution in [3.8, 4) is 6.07 Å². The van der Waals surface area contributed by atoms with E-state index in [1.54, 1.807) is 30.3 Å². The number of rotatable bonds is 10. The first-order chi connectivity index (χ1) is 19.3. The summed E-state index contributed by atoms with van der Waals surface area (Å²) >= 11 is 6.20. The number of carboxylic acid groups (broad SMARTS) is 1. The van der Waals surface area contributed by atoms with Gasteiger partial charge in [0.05, 0.1) is 24.0 Å². The summed E-state index contributed by atoms with van der Waals surface area (Å²) in [6.45, 7) is 3.19. The third-order valence-electron chi connectivity index (χ3n) is 7.38. The number of hydrogen-bond donors (Lipinski definition) is 2. The summed E-state index contributed by atoms with van der Waals surface area (Å²) < 4.78 is 0. The van der Waals surface area contributed by atoms with E-state index in [0.717, 1.165) is 35.1 Å². The second kappa shape index (κ2) is 13.3. The number of hydrogen-bond acceptors (Lipinski definition) is 4. The summed E-state index contributed by atoms with van der Waals surface area (Å²) in [5.74, 6) is -1.86. The highest BCUT2D eigenvalue weighted by atomic mass is 35.5. The summed E-state index contributed by atoms with van der Waals surface area (Å²) in [5.41, 5.74) is 5.05. The molecule has 0 saturated carbocycles. The highest BCUT2D eigenvalue weighted by molar-refractivity contribution is 6.30. The molecule has 7 nitrogen and oxygen atoms in total. The average Bonchev–Trinajstić information content (AvgIpc) is 2.97. The summed E-state index contributed by atoms with van der Waals surface area (Å²) in [7, 11) is 0. The largest absolute Gasteiger partial charge is 0.481 e. The second-order valence-electron chi connectivity index (χ2n) is 10.1. The van der Waals surface area contributed by atoms with Gasteiger partial charge in [0, 0.05) is 30.2 Å². The lowest BCUT2D eigenvalue weighted by Gasteiger charge is -2.35. The van der Waals surface area contributed by atoms with Crippen molar-refractivity contribution in [2.45, 2.75) is 51.0 Å². The Kier molecular flexibility index (Phi) is 9.57. The van der Waals surface area contributed by atoms with Gasteiger partial charge in [0.25, 0.3) is 5.91 Å². The topological polar surface area (TPSA) is 110 Å². The van der Waals surface area contributed by atoms with E-state index in [4.69, 9.17) is 16.7 Å². The van der Waals surface area contributed by atoms with Crippen molar-refractivity contribution < 1.29 is 19.5 Å². The van der Waals surface area contributed by atoms with Crippen LogP contribution in [0.15, 0.2) is 66.7 Å². The lowest BCUT2D eigenvalue weighted by molar-refractivity contribution is -0.137. The Hall–Kier alpha value is -4.15. The molecular formula is C32H32ClN3O4. The van der Waals surface area contributed by atoms with E-state index >= 15 is 0 Å². The Balaban J connectivity index is 1.63. The summed E-state index contributed by atoms with van der Waals surface area (Å²) in [5, 5.41) is 21.3. The van der Waals surface area contributed by atoms with E-state index in [2.05, 4.69) is 18.3 Å². The number of benzene rings is 3. The molecule has 3 aromatic rings. The van der Waals surface area contributed by atoms with Crippen molar-refractivity contribution in [3.63, 3.8) is 0 Å². The fraction of sp³-hybridized carbons (Fsp3) is 0.312. The number of nitrogens with one attached hydrogen (secondary N) is 1. The van der Waals surface area contributed by atoms with Crippen molar-refractivity contribution in [2.75, 3.05) is 13.1 Å². The van der Waals surface area contributed by atoms with Crippen molar-refractivity contribution in [1.82, 2.24) is 10.2 Å². The number of carbonyl (C=O) groups is 3. The maximum absolute atomic E-state index is 14.3. The van der Waals surface area contributed by atoms with Crippen LogP contribution in [-0.4, -0.2) is 40.9 Å². The second-order valence-corrected chi connectivity index (χ2v) is 10.5. The number of fused-ring (bicyclic) bond motifs is 1. The van der Waals surface area contributed by atoms with E-state index in [9.17, 15) is 19.6 Å². The molecule has 2 atom stereocenters. The molecule has 1 heterocycles. The number of carboxylic acids is 1. The number of aliphatic carboxylic acids is 1. The molecule has 2 N–H and O–H groups in total. The SMILES string of the molecule is CCCC(c1ccc(C(=O)NCCC(=O)O)cc1)C(C(=O)N1CCc2cc(C#N)ccc2C1)c1ccc(Cl)cc1. The monoisotopic (exact) mass is 557 g/mol. The molecule has 0 radical (unpaired) electrons. The molecule has 0 bridgehead atoms. The molecular weight excluding hydrogens is 526 g/mol. The Labute approximate surface area is 239 Å². The lowest BCUT2D eigenvalue weighted by Crippen LogP contribution is -2.40. The number of halogens is 1.